The van der Waals surface area contributed by atoms with E-state index in [1.165, 1.54) is 5.57 Å². The average Bonchev–Trinajstić information content (AvgIpc) is 2.82. The van der Waals surface area contributed by atoms with E-state index < -0.39 is 0 Å². The molecule has 0 aliphatic heterocycles. The van der Waals surface area contributed by atoms with Crippen molar-refractivity contribution in [3.8, 4) is 0 Å². The highest BCUT2D eigenvalue weighted by molar-refractivity contribution is 5.91. The van der Waals surface area contributed by atoms with Gasteiger partial charge in [0.25, 0.3) is 0 Å². The van der Waals surface area contributed by atoms with Crippen LogP contribution in [0.15, 0.2) is 11.6 Å². The van der Waals surface area contributed by atoms with Crippen LogP contribution in [-0.4, -0.2) is 23.3 Å². The fourth-order valence-corrected chi connectivity index (χ4v) is 6.43. The van der Waals surface area contributed by atoms with Crippen LogP contribution in [0.5, 0.6) is 0 Å². The molecule has 22 heavy (non-hydrogen) atoms. The van der Waals surface area contributed by atoms with E-state index in [4.69, 9.17) is 0 Å². The first-order chi connectivity index (χ1) is 10.5. The SMILES string of the molecule is C[C@@]12CC[C@H]3[C@H](CCC4=CC(=O)CC[C@@]43CO)[C@@H]1CCC2=O. The number of fused-ring (bicyclic) bond motifs is 5. The molecule has 0 aromatic heterocycles. The second kappa shape index (κ2) is 4.77. The van der Waals surface area contributed by atoms with E-state index in [9.17, 15) is 14.7 Å². The molecule has 1 N–H and O–H groups in total. The predicted molar refractivity (Wildman–Crippen MR) is 83.1 cm³/mol. The zero-order valence-corrected chi connectivity index (χ0v) is 13.4. The molecule has 0 amide bonds. The fraction of sp³-hybridized carbons (Fsp3) is 0.789. The van der Waals surface area contributed by atoms with Gasteiger partial charge >= 0.3 is 0 Å². The smallest absolute Gasteiger partial charge is 0.155 e. The molecule has 3 nitrogen and oxygen atoms in total. The summed E-state index contributed by atoms with van der Waals surface area (Å²) < 4.78 is 0. The number of rotatable bonds is 1. The van der Waals surface area contributed by atoms with E-state index in [1.807, 2.05) is 6.08 Å². The third-order valence-corrected chi connectivity index (χ3v) is 7.68. The highest BCUT2D eigenvalue weighted by Crippen LogP contribution is 2.64. The molecule has 4 aliphatic carbocycles. The first-order valence-electron chi connectivity index (χ1n) is 8.89. The minimum Gasteiger partial charge on any atom is -0.395 e. The van der Waals surface area contributed by atoms with Crippen molar-refractivity contribution in [3.05, 3.63) is 11.6 Å². The maximum atomic E-state index is 12.4. The van der Waals surface area contributed by atoms with Crippen LogP contribution in [0.25, 0.3) is 0 Å². The van der Waals surface area contributed by atoms with Crippen molar-refractivity contribution >= 4 is 11.6 Å². The molecule has 5 atom stereocenters. The van der Waals surface area contributed by atoms with Crippen molar-refractivity contribution in [2.75, 3.05) is 6.61 Å². The Bertz CT molecular complexity index is 563. The number of Topliss-reactive ketones (excluding diaryl/α,β-unsaturated/α-hetero) is 1. The molecule has 3 fully saturated rings. The maximum absolute atomic E-state index is 12.4. The monoisotopic (exact) mass is 302 g/mol. The lowest BCUT2D eigenvalue weighted by Crippen LogP contribution is -2.53. The Morgan fingerprint density at radius 3 is 2.68 bits per heavy atom. The third kappa shape index (κ3) is 1.72. The van der Waals surface area contributed by atoms with E-state index in [-0.39, 0.29) is 23.2 Å². The number of ketones is 2. The van der Waals surface area contributed by atoms with Gasteiger partial charge in [0, 0.05) is 23.7 Å². The van der Waals surface area contributed by atoms with Gasteiger partial charge in [-0.15, -0.1) is 0 Å². The third-order valence-electron chi connectivity index (χ3n) is 7.68. The second-order valence-electron chi connectivity index (χ2n) is 8.28. The zero-order chi connectivity index (χ0) is 15.5. The van der Waals surface area contributed by atoms with E-state index >= 15 is 0 Å². The number of aliphatic hydroxyl groups is 1. The summed E-state index contributed by atoms with van der Waals surface area (Å²) in [7, 11) is 0. The van der Waals surface area contributed by atoms with Crippen LogP contribution >= 0.6 is 0 Å². The summed E-state index contributed by atoms with van der Waals surface area (Å²) >= 11 is 0. The summed E-state index contributed by atoms with van der Waals surface area (Å²) in [6.45, 7) is 2.36. The second-order valence-corrected chi connectivity index (χ2v) is 8.28. The van der Waals surface area contributed by atoms with Crippen LogP contribution in [-0.2, 0) is 9.59 Å². The molecule has 0 aromatic carbocycles. The first-order valence-corrected chi connectivity index (χ1v) is 8.89. The molecule has 3 saturated carbocycles. The highest BCUT2D eigenvalue weighted by Gasteiger charge is 2.59. The van der Waals surface area contributed by atoms with E-state index in [0.717, 1.165) is 44.9 Å². The van der Waals surface area contributed by atoms with Crippen molar-refractivity contribution in [1.82, 2.24) is 0 Å². The standard InChI is InChI=1S/C19H26O3/c1-18-8-7-16-14(15(18)4-5-17(18)22)3-2-12-10-13(21)6-9-19(12,16)11-20/h10,14-16,20H,2-9,11H2,1H3/t14-,15+,16+,18-,19-/m1/s1. The van der Waals surface area contributed by atoms with Gasteiger partial charge in [-0.05, 0) is 62.4 Å². The molecule has 3 heteroatoms. The summed E-state index contributed by atoms with van der Waals surface area (Å²) in [5.74, 6) is 2.22. The number of hydrogen-bond donors (Lipinski definition) is 1. The van der Waals surface area contributed by atoms with Crippen LogP contribution < -0.4 is 0 Å². The molecule has 0 saturated heterocycles. The summed E-state index contributed by atoms with van der Waals surface area (Å²) in [5.41, 5.74) is 0.938. The van der Waals surface area contributed by atoms with Gasteiger partial charge in [-0.25, -0.2) is 0 Å². The van der Waals surface area contributed by atoms with Gasteiger partial charge in [-0.2, -0.15) is 0 Å². The van der Waals surface area contributed by atoms with E-state index in [1.54, 1.807) is 0 Å². The molecule has 120 valence electrons. The normalized spacial score (nSPS) is 47.5. The minimum absolute atomic E-state index is 0.108. The molecule has 0 unspecified atom stereocenters. The molecule has 4 rings (SSSR count). The Kier molecular flexibility index (Phi) is 3.17. The van der Waals surface area contributed by atoms with Gasteiger partial charge in [-0.1, -0.05) is 12.5 Å². The lowest BCUT2D eigenvalue weighted by Gasteiger charge is -2.57. The van der Waals surface area contributed by atoms with E-state index in [2.05, 4.69) is 6.92 Å². The van der Waals surface area contributed by atoms with Gasteiger partial charge in [-0.3, -0.25) is 9.59 Å². The number of aliphatic hydroxyl groups excluding tert-OH is 1. The Labute approximate surface area is 132 Å². The van der Waals surface area contributed by atoms with Gasteiger partial charge < -0.3 is 5.11 Å². The summed E-state index contributed by atoms with van der Waals surface area (Å²) in [6.07, 6.45) is 9.06. The quantitative estimate of drug-likeness (QED) is 0.810. The topological polar surface area (TPSA) is 54.4 Å². The number of carbonyl (C=O) groups excluding carboxylic acids is 2. The lowest BCUT2D eigenvalue weighted by atomic mass is 9.47. The average molecular weight is 302 g/mol. The molecular formula is C19H26O3. The van der Waals surface area contributed by atoms with Gasteiger partial charge in [0.15, 0.2) is 5.78 Å². The molecule has 0 radical (unpaired) electrons. The lowest BCUT2D eigenvalue weighted by molar-refractivity contribution is -0.134. The van der Waals surface area contributed by atoms with Crippen molar-refractivity contribution in [1.29, 1.82) is 0 Å². The minimum atomic E-state index is -0.163. The number of carbonyl (C=O) groups is 2. The van der Waals surface area contributed by atoms with Gasteiger partial charge in [0.05, 0.1) is 6.61 Å². The van der Waals surface area contributed by atoms with Gasteiger partial charge in [0.2, 0.25) is 0 Å². The summed E-state index contributed by atoms with van der Waals surface area (Å²) in [5, 5.41) is 10.2. The Morgan fingerprint density at radius 2 is 1.91 bits per heavy atom. The van der Waals surface area contributed by atoms with Crippen molar-refractivity contribution in [2.45, 2.75) is 58.3 Å². The molecule has 4 aliphatic rings. The summed E-state index contributed by atoms with van der Waals surface area (Å²) in [6, 6.07) is 0. The predicted octanol–water partition coefficient (Wildman–Crippen LogP) is 3.06. The Morgan fingerprint density at radius 1 is 1.09 bits per heavy atom. The Balaban J connectivity index is 1.73. The van der Waals surface area contributed by atoms with Crippen LogP contribution in [0.3, 0.4) is 0 Å². The molecule has 0 bridgehead atoms. The summed E-state index contributed by atoms with van der Waals surface area (Å²) in [4.78, 5) is 24.2. The maximum Gasteiger partial charge on any atom is 0.155 e. The molecule has 0 aromatic rings. The Hall–Kier alpha value is -0.960. The van der Waals surface area contributed by atoms with Crippen molar-refractivity contribution in [2.24, 2.45) is 28.6 Å². The van der Waals surface area contributed by atoms with Crippen molar-refractivity contribution < 1.29 is 14.7 Å². The van der Waals surface area contributed by atoms with Crippen LogP contribution in [0.2, 0.25) is 0 Å². The largest absolute Gasteiger partial charge is 0.395 e. The molecule has 0 heterocycles. The van der Waals surface area contributed by atoms with Crippen LogP contribution in [0, 0.1) is 28.6 Å². The fourth-order valence-electron chi connectivity index (χ4n) is 6.43. The zero-order valence-electron chi connectivity index (χ0n) is 13.4. The van der Waals surface area contributed by atoms with Crippen LogP contribution in [0.1, 0.15) is 58.3 Å². The van der Waals surface area contributed by atoms with Crippen molar-refractivity contribution in [3.63, 3.8) is 0 Å². The highest BCUT2D eigenvalue weighted by atomic mass is 16.3. The first kappa shape index (κ1) is 14.6. The van der Waals surface area contributed by atoms with E-state index in [0.29, 0.717) is 30.0 Å². The number of hydrogen-bond acceptors (Lipinski definition) is 3. The molecular weight excluding hydrogens is 276 g/mol. The van der Waals surface area contributed by atoms with Crippen LogP contribution in [0.4, 0.5) is 0 Å². The molecule has 0 spiro atoms. The van der Waals surface area contributed by atoms with Gasteiger partial charge in [0.1, 0.15) is 5.78 Å².